The van der Waals surface area contributed by atoms with E-state index in [0.717, 1.165) is 5.56 Å². The van der Waals surface area contributed by atoms with Crippen LogP contribution in [0.1, 0.15) is 28.5 Å². The fourth-order valence-electron chi connectivity index (χ4n) is 3.35. The number of aromatic nitrogens is 1. The highest BCUT2D eigenvalue weighted by Crippen LogP contribution is 2.40. The highest BCUT2D eigenvalue weighted by Gasteiger charge is 2.31. The molecule has 2 atom stereocenters. The van der Waals surface area contributed by atoms with Crippen molar-refractivity contribution in [2.24, 2.45) is 16.6 Å². The largest absolute Gasteiger partial charge is 0.494 e. The van der Waals surface area contributed by atoms with Crippen molar-refractivity contribution in [2.45, 2.75) is 18.1 Å². The molecular formula is C22H22FN5O2S. The van der Waals surface area contributed by atoms with Crippen molar-refractivity contribution in [1.82, 2.24) is 10.3 Å². The normalized spacial score (nSPS) is 18.2. The number of aliphatic imine (C=N–C) groups is 1. The van der Waals surface area contributed by atoms with E-state index < -0.39 is 5.82 Å². The average molecular weight is 440 g/mol. The predicted molar refractivity (Wildman–Crippen MR) is 119 cm³/mol. The second-order valence-electron chi connectivity index (χ2n) is 6.88. The highest BCUT2D eigenvalue weighted by atomic mass is 32.2. The van der Waals surface area contributed by atoms with Gasteiger partial charge in [-0.3, -0.25) is 14.8 Å². The van der Waals surface area contributed by atoms with Crippen LogP contribution < -0.4 is 15.8 Å². The van der Waals surface area contributed by atoms with Crippen molar-refractivity contribution in [3.63, 3.8) is 0 Å². The minimum Gasteiger partial charge on any atom is -0.494 e. The van der Waals surface area contributed by atoms with Crippen LogP contribution in [-0.2, 0) is 5.75 Å². The topological polar surface area (TPSA) is 113 Å². The molecule has 9 heteroatoms. The van der Waals surface area contributed by atoms with Crippen molar-refractivity contribution in [3.05, 3.63) is 64.7 Å². The van der Waals surface area contributed by atoms with Gasteiger partial charge in [0, 0.05) is 24.9 Å². The number of halogens is 1. The van der Waals surface area contributed by atoms with Crippen LogP contribution in [0.4, 0.5) is 4.39 Å². The molecule has 7 nitrogen and oxygen atoms in total. The van der Waals surface area contributed by atoms with Gasteiger partial charge in [0.15, 0.2) is 11.6 Å². The third-order valence-corrected chi connectivity index (χ3v) is 6.31. The summed E-state index contributed by atoms with van der Waals surface area (Å²) in [6.07, 6.45) is 1.59. The molecule has 1 aromatic heterocycles. The van der Waals surface area contributed by atoms with Gasteiger partial charge in [-0.15, -0.1) is 11.8 Å². The Morgan fingerprint density at radius 3 is 2.84 bits per heavy atom. The van der Waals surface area contributed by atoms with Gasteiger partial charge in [-0.25, -0.2) is 4.39 Å². The molecule has 0 spiro atoms. The summed E-state index contributed by atoms with van der Waals surface area (Å²) in [5.41, 5.74) is 9.01. The molecule has 2 aromatic rings. The van der Waals surface area contributed by atoms with Crippen LogP contribution in [0.15, 0.2) is 47.1 Å². The van der Waals surface area contributed by atoms with Crippen LogP contribution in [0.25, 0.3) is 5.57 Å². The summed E-state index contributed by atoms with van der Waals surface area (Å²) in [6.45, 7) is 1.96. The summed E-state index contributed by atoms with van der Waals surface area (Å²) < 4.78 is 19.0. The standard InChI is InChI=1S/C22H22FN5O2S/c1-12-19(14-4-5-16(23)18(9-14)30-3)15(10-24)20(25)28-22(12)31-11-13-6-7-27-17(8-13)21(29)26-2/h4-9,12,22H,11H2,1-3H3,(H2,25,28)(H,26,29). The zero-order chi connectivity index (χ0) is 22.5. The van der Waals surface area contributed by atoms with Crippen LogP contribution in [0, 0.1) is 23.1 Å². The van der Waals surface area contributed by atoms with E-state index in [0.29, 0.717) is 22.6 Å². The molecule has 3 rings (SSSR count). The maximum absolute atomic E-state index is 13.9. The summed E-state index contributed by atoms with van der Waals surface area (Å²) in [5.74, 6) is -0.0849. The number of thioether (sulfide) groups is 1. The Labute approximate surface area is 184 Å². The smallest absolute Gasteiger partial charge is 0.269 e. The van der Waals surface area contributed by atoms with Crippen molar-refractivity contribution < 1.29 is 13.9 Å². The molecule has 2 unspecified atom stereocenters. The van der Waals surface area contributed by atoms with E-state index in [9.17, 15) is 14.4 Å². The monoisotopic (exact) mass is 439 g/mol. The molecule has 2 heterocycles. The van der Waals surface area contributed by atoms with E-state index in [1.165, 1.54) is 24.9 Å². The van der Waals surface area contributed by atoms with Gasteiger partial charge in [-0.2, -0.15) is 5.26 Å². The number of benzene rings is 1. The molecule has 0 saturated carbocycles. The second-order valence-corrected chi connectivity index (χ2v) is 7.99. The molecule has 3 N–H and O–H groups in total. The van der Waals surface area contributed by atoms with Gasteiger partial charge in [0.05, 0.1) is 12.7 Å². The molecule has 1 aromatic carbocycles. The lowest BCUT2D eigenvalue weighted by molar-refractivity contribution is 0.0958. The van der Waals surface area contributed by atoms with Gasteiger partial charge in [0.1, 0.15) is 23.0 Å². The lowest BCUT2D eigenvalue weighted by atomic mass is 9.87. The summed E-state index contributed by atoms with van der Waals surface area (Å²) in [5, 5.41) is 12.0. The van der Waals surface area contributed by atoms with Gasteiger partial charge in [0.25, 0.3) is 5.91 Å². The van der Waals surface area contributed by atoms with Gasteiger partial charge in [0.2, 0.25) is 0 Å². The number of rotatable bonds is 6. The number of dihydropyridines is 1. The van der Waals surface area contributed by atoms with Crippen LogP contribution in [0.5, 0.6) is 5.75 Å². The Bertz CT molecular complexity index is 1110. The van der Waals surface area contributed by atoms with Crippen molar-refractivity contribution >= 4 is 29.1 Å². The Kier molecular flexibility index (Phi) is 6.92. The van der Waals surface area contributed by atoms with Crippen LogP contribution in [0.3, 0.4) is 0 Å². The molecule has 0 bridgehead atoms. The quantitative estimate of drug-likeness (QED) is 0.715. The number of carbonyl (C=O) groups excluding carboxylic acids is 1. The maximum atomic E-state index is 13.9. The molecular weight excluding hydrogens is 417 g/mol. The fourth-order valence-corrected chi connectivity index (χ4v) is 4.51. The molecule has 0 saturated heterocycles. The van der Waals surface area contributed by atoms with E-state index in [4.69, 9.17) is 10.5 Å². The first kappa shape index (κ1) is 22.3. The number of ether oxygens (including phenoxy) is 1. The molecule has 1 aliphatic rings. The first-order chi connectivity index (χ1) is 14.9. The lowest BCUT2D eigenvalue weighted by Crippen LogP contribution is -2.29. The molecule has 0 fully saturated rings. The third kappa shape index (κ3) is 4.70. The van der Waals surface area contributed by atoms with Gasteiger partial charge < -0.3 is 15.8 Å². The average Bonchev–Trinajstić information content (AvgIpc) is 2.79. The lowest BCUT2D eigenvalue weighted by Gasteiger charge is -2.29. The molecule has 0 aliphatic carbocycles. The second kappa shape index (κ2) is 9.62. The zero-order valence-corrected chi connectivity index (χ0v) is 18.2. The number of amides is 1. The number of hydrogen-bond acceptors (Lipinski definition) is 7. The van der Waals surface area contributed by atoms with E-state index in [-0.39, 0.29) is 34.4 Å². The minimum atomic E-state index is -0.481. The number of amidine groups is 1. The van der Waals surface area contributed by atoms with E-state index in [2.05, 4.69) is 21.4 Å². The number of nitrogens with two attached hydrogens (primary N) is 1. The number of pyridine rings is 1. The summed E-state index contributed by atoms with van der Waals surface area (Å²) >= 11 is 1.54. The molecule has 31 heavy (non-hydrogen) atoms. The fraction of sp³-hybridized carbons (Fsp3) is 0.273. The van der Waals surface area contributed by atoms with E-state index >= 15 is 0 Å². The minimum absolute atomic E-state index is 0.0956. The predicted octanol–water partition coefficient (Wildman–Crippen LogP) is 3.13. The van der Waals surface area contributed by atoms with Gasteiger partial charge in [-0.1, -0.05) is 13.0 Å². The Balaban J connectivity index is 1.88. The van der Waals surface area contributed by atoms with Crippen molar-refractivity contribution in [2.75, 3.05) is 14.2 Å². The van der Waals surface area contributed by atoms with Crippen LogP contribution in [-0.4, -0.2) is 36.3 Å². The molecule has 0 radical (unpaired) electrons. The Hall–Kier alpha value is -3.38. The van der Waals surface area contributed by atoms with Crippen molar-refractivity contribution in [1.29, 1.82) is 5.26 Å². The SMILES string of the molecule is CNC(=O)c1cc(CSC2N=C(N)C(C#N)=C(c3ccc(F)c(OC)c3)C2C)ccn1. The van der Waals surface area contributed by atoms with Gasteiger partial charge in [-0.05, 0) is 41.0 Å². The number of hydrogen-bond donors (Lipinski definition) is 2. The zero-order valence-electron chi connectivity index (χ0n) is 17.3. The number of nitrogens with one attached hydrogen (secondary N) is 1. The highest BCUT2D eigenvalue weighted by molar-refractivity contribution is 7.99. The molecule has 1 amide bonds. The van der Waals surface area contributed by atoms with Crippen LogP contribution >= 0.6 is 11.8 Å². The maximum Gasteiger partial charge on any atom is 0.269 e. The number of carbonyl (C=O) groups is 1. The number of methoxy groups -OCH3 is 1. The van der Waals surface area contributed by atoms with E-state index in [1.54, 1.807) is 31.4 Å². The summed E-state index contributed by atoms with van der Waals surface area (Å²) in [4.78, 5) is 20.4. The van der Waals surface area contributed by atoms with E-state index in [1.807, 2.05) is 13.0 Å². The number of nitrogens with zero attached hydrogens (tertiary/aromatic N) is 3. The Morgan fingerprint density at radius 2 is 2.16 bits per heavy atom. The first-order valence-corrected chi connectivity index (χ1v) is 10.5. The molecule has 1 aliphatic heterocycles. The summed E-state index contributed by atoms with van der Waals surface area (Å²) in [6, 6.07) is 10.2. The molecule has 160 valence electrons. The summed E-state index contributed by atoms with van der Waals surface area (Å²) in [7, 11) is 2.94. The third-order valence-electron chi connectivity index (χ3n) is 4.95. The first-order valence-electron chi connectivity index (χ1n) is 9.50. The number of nitriles is 1. The van der Waals surface area contributed by atoms with Crippen LogP contribution in [0.2, 0.25) is 0 Å². The Morgan fingerprint density at radius 1 is 1.39 bits per heavy atom. The van der Waals surface area contributed by atoms with Gasteiger partial charge >= 0.3 is 0 Å². The van der Waals surface area contributed by atoms with Crippen molar-refractivity contribution in [3.8, 4) is 11.8 Å².